The highest BCUT2D eigenvalue weighted by atomic mass is 35.5. The molecular formula is C17H19ClO4. The van der Waals surface area contributed by atoms with E-state index in [1.807, 2.05) is 0 Å². The van der Waals surface area contributed by atoms with Crippen LogP contribution in [0.4, 0.5) is 0 Å². The van der Waals surface area contributed by atoms with Gasteiger partial charge in [0.2, 0.25) is 0 Å². The molecule has 0 radical (unpaired) electrons. The maximum atomic E-state index is 10.8. The molecule has 0 fully saturated rings. The summed E-state index contributed by atoms with van der Waals surface area (Å²) in [5.41, 5.74) is 0.714. The van der Waals surface area contributed by atoms with E-state index in [0.29, 0.717) is 16.3 Å². The molecule has 0 spiro atoms. The fourth-order valence-electron chi connectivity index (χ4n) is 1.60. The molecule has 0 heterocycles. The first kappa shape index (κ1) is 17.9. The van der Waals surface area contributed by atoms with Gasteiger partial charge in [0.15, 0.2) is 5.78 Å². The first-order valence-electron chi connectivity index (χ1n) is 6.54. The van der Waals surface area contributed by atoms with Crippen LogP contribution >= 0.6 is 11.6 Å². The summed E-state index contributed by atoms with van der Waals surface area (Å²) in [6, 6.07) is 12.3. The molecule has 0 saturated carbocycles. The van der Waals surface area contributed by atoms with E-state index in [4.69, 9.17) is 25.8 Å². The van der Waals surface area contributed by atoms with E-state index in [2.05, 4.69) is 0 Å². The Labute approximate surface area is 135 Å². The van der Waals surface area contributed by atoms with E-state index in [1.165, 1.54) is 0 Å². The van der Waals surface area contributed by atoms with Gasteiger partial charge in [-0.3, -0.25) is 4.79 Å². The number of rotatable bonds is 4. The molecule has 0 aromatic heterocycles. The van der Waals surface area contributed by atoms with Crippen molar-refractivity contribution in [1.29, 1.82) is 0 Å². The van der Waals surface area contributed by atoms with Crippen LogP contribution in [0.1, 0.15) is 17.3 Å². The number of carbonyl (C=O) groups excluding carboxylic acids is 1. The predicted octanol–water partition coefficient (Wildman–Crippen LogP) is 4.26. The number of methoxy groups -OCH3 is 3. The fraction of sp³-hybridized carbons (Fsp3) is 0.235. The van der Waals surface area contributed by atoms with Gasteiger partial charge in [0, 0.05) is 11.6 Å². The maximum Gasteiger partial charge on any atom is 0.159 e. The Kier molecular flexibility index (Phi) is 7.26. The van der Waals surface area contributed by atoms with Crippen molar-refractivity contribution in [2.24, 2.45) is 0 Å². The van der Waals surface area contributed by atoms with Gasteiger partial charge in [-0.1, -0.05) is 11.6 Å². The zero-order chi connectivity index (χ0) is 16.5. The van der Waals surface area contributed by atoms with Crippen molar-refractivity contribution in [2.45, 2.75) is 6.92 Å². The van der Waals surface area contributed by atoms with Crippen molar-refractivity contribution >= 4 is 17.4 Å². The van der Waals surface area contributed by atoms with Crippen LogP contribution in [0.15, 0.2) is 42.5 Å². The smallest absolute Gasteiger partial charge is 0.159 e. The van der Waals surface area contributed by atoms with Crippen molar-refractivity contribution in [3.05, 3.63) is 53.1 Å². The third kappa shape index (κ3) is 5.30. The highest BCUT2D eigenvalue weighted by molar-refractivity contribution is 6.32. The molecule has 0 saturated heterocycles. The summed E-state index contributed by atoms with van der Waals surface area (Å²) >= 11 is 5.80. The Hall–Kier alpha value is -2.20. The number of hydrogen-bond acceptors (Lipinski definition) is 4. The molecule has 0 unspecified atom stereocenters. The summed E-state index contributed by atoms with van der Waals surface area (Å²) in [6.45, 7) is 1.54. The molecule has 5 heteroatoms. The third-order valence-electron chi connectivity index (χ3n) is 2.86. The average molecular weight is 323 g/mol. The molecule has 2 rings (SSSR count). The normalized spacial score (nSPS) is 9.32. The van der Waals surface area contributed by atoms with Gasteiger partial charge in [0.1, 0.15) is 17.2 Å². The van der Waals surface area contributed by atoms with Gasteiger partial charge < -0.3 is 14.2 Å². The molecule has 0 aliphatic heterocycles. The fourth-order valence-corrected chi connectivity index (χ4v) is 1.85. The van der Waals surface area contributed by atoms with Gasteiger partial charge in [-0.2, -0.15) is 0 Å². The van der Waals surface area contributed by atoms with Gasteiger partial charge >= 0.3 is 0 Å². The lowest BCUT2D eigenvalue weighted by molar-refractivity contribution is 0.101. The summed E-state index contributed by atoms with van der Waals surface area (Å²) in [6.07, 6.45) is 0. The number of halogens is 1. The van der Waals surface area contributed by atoms with Crippen molar-refractivity contribution in [1.82, 2.24) is 0 Å². The number of ketones is 1. The van der Waals surface area contributed by atoms with E-state index in [-0.39, 0.29) is 5.78 Å². The number of carbonyl (C=O) groups is 1. The predicted molar refractivity (Wildman–Crippen MR) is 87.6 cm³/mol. The van der Waals surface area contributed by atoms with Crippen molar-refractivity contribution in [2.75, 3.05) is 21.3 Å². The number of hydrogen-bond donors (Lipinski definition) is 0. The second-order valence-corrected chi connectivity index (χ2v) is 4.69. The van der Waals surface area contributed by atoms with Crippen LogP contribution in [0.25, 0.3) is 0 Å². The molecule has 0 aliphatic carbocycles. The molecule has 0 aliphatic rings. The van der Waals surface area contributed by atoms with Gasteiger partial charge in [-0.15, -0.1) is 0 Å². The molecular weight excluding hydrogens is 304 g/mol. The topological polar surface area (TPSA) is 44.8 Å². The summed E-state index contributed by atoms with van der Waals surface area (Å²) in [4.78, 5) is 10.8. The number of benzene rings is 2. The van der Waals surface area contributed by atoms with Crippen molar-refractivity contribution < 1.29 is 19.0 Å². The molecule has 0 N–H and O–H groups in total. The quantitative estimate of drug-likeness (QED) is 0.789. The van der Waals surface area contributed by atoms with E-state index >= 15 is 0 Å². The molecule has 2 aromatic carbocycles. The van der Waals surface area contributed by atoms with Gasteiger partial charge in [0.05, 0.1) is 26.4 Å². The van der Waals surface area contributed by atoms with Crippen LogP contribution in [0.2, 0.25) is 5.02 Å². The summed E-state index contributed by atoms with van der Waals surface area (Å²) in [5, 5.41) is 0.562. The second kappa shape index (κ2) is 8.95. The third-order valence-corrected chi connectivity index (χ3v) is 3.15. The van der Waals surface area contributed by atoms with E-state index in [1.54, 1.807) is 70.7 Å². The Morgan fingerprint density at radius 3 is 1.82 bits per heavy atom. The Morgan fingerprint density at radius 2 is 1.41 bits per heavy atom. The first-order chi connectivity index (χ1) is 10.5. The lowest BCUT2D eigenvalue weighted by atomic mass is 10.1. The van der Waals surface area contributed by atoms with Gasteiger partial charge in [0.25, 0.3) is 0 Å². The first-order valence-corrected chi connectivity index (χ1v) is 6.92. The second-order valence-electron chi connectivity index (χ2n) is 4.29. The monoisotopic (exact) mass is 322 g/mol. The summed E-state index contributed by atoms with van der Waals surface area (Å²) in [7, 11) is 4.77. The number of ether oxygens (including phenoxy) is 3. The molecule has 0 amide bonds. The minimum Gasteiger partial charge on any atom is -0.497 e. The Balaban J connectivity index is 0.000000220. The Morgan fingerprint density at radius 1 is 0.864 bits per heavy atom. The largest absolute Gasteiger partial charge is 0.497 e. The van der Waals surface area contributed by atoms with E-state index in [0.717, 1.165) is 11.5 Å². The molecule has 0 atom stereocenters. The SMILES string of the molecule is COc1ccc(C(C)=O)cc1.COc1ccc(OC)c(Cl)c1. The van der Waals surface area contributed by atoms with Gasteiger partial charge in [-0.05, 0) is 43.3 Å². The van der Waals surface area contributed by atoms with E-state index in [9.17, 15) is 4.79 Å². The lowest BCUT2D eigenvalue weighted by Gasteiger charge is -2.04. The summed E-state index contributed by atoms with van der Waals surface area (Å²) < 4.78 is 14.8. The Bertz CT molecular complexity index is 609. The van der Waals surface area contributed by atoms with Crippen molar-refractivity contribution in [3.63, 3.8) is 0 Å². The molecule has 118 valence electrons. The highest BCUT2D eigenvalue weighted by Crippen LogP contribution is 2.27. The lowest BCUT2D eigenvalue weighted by Crippen LogP contribution is -1.91. The molecule has 0 bridgehead atoms. The zero-order valence-electron chi connectivity index (χ0n) is 13.1. The molecule has 22 heavy (non-hydrogen) atoms. The van der Waals surface area contributed by atoms with Crippen LogP contribution < -0.4 is 14.2 Å². The molecule has 2 aromatic rings. The maximum absolute atomic E-state index is 10.8. The van der Waals surface area contributed by atoms with Crippen LogP contribution in [0, 0.1) is 0 Å². The summed E-state index contributed by atoms with van der Waals surface area (Å²) in [5.74, 6) is 2.24. The highest BCUT2D eigenvalue weighted by Gasteiger charge is 2.00. The van der Waals surface area contributed by atoms with Crippen LogP contribution in [0.3, 0.4) is 0 Å². The van der Waals surface area contributed by atoms with Gasteiger partial charge in [-0.25, -0.2) is 0 Å². The van der Waals surface area contributed by atoms with Crippen LogP contribution in [-0.4, -0.2) is 27.1 Å². The average Bonchev–Trinajstić information content (AvgIpc) is 2.55. The number of Topliss-reactive ketones (excluding diaryl/α,β-unsaturated/α-hetero) is 1. The molecule has 4 nitrogen and oxygen atoms in total. The standard InChI is InChI=1S/C9H10O2.C8H9ClO2/c1-7(10)8-3-5-9(11-2)6-4-8;1-10-6-3-4-8(11-2)7(9)5-6/h3-6H,1-2H3;3-5H,1-2H3. The minimum absolute atomic E-state index is 0.0765. The van der Waals surface area contributed by atoms with Crippen LogP contribution in [-0.2, 0) is 0 Å². The van der Waals surface area contributed by atoms with E-state index < -0.39 is 0 Å². The van der Waals surface area contributed by atoms with Crippen LogP contribution in [0.5, 0.6) is 17.2 Å². The van der Waals surface area contributed by atoms with Crippen molar-refractivity contribution in [3.8, 4) is 17.2 Å². The minimum atomic E-state index is 0.0765. The zero-order valence-corrected chi connectivity index (χ0v) is 13.8.